The van der Waals surface area contributed by atoms with Crippen LogP contribution in [0.5, 0.6) is 5.75 Å². The average molecular weight is 316 g/mol. The maximum absolute atomic E-state index is 12.3. The molecule has 6 heteroatoms. The maximum Gasteiger partial charge on any atom is 0.255 e. The monoisotopic (exact) mass is 315 g/mol. The van der Waals surface area contributed by atoms with E-state index in [1.54, 1.807) is 22.7 Å². The summed E-state index contributed by atoms with van der Waals surface area (Å²) in [5, 5.41) is 7.69. The predicted molar refractivity (Wildman–Crippen MR) is 84.4 cm³/mol. The van der Waals surface area contributed by atoms with Crippen molar-refractivity contribution in [2.24, 2.45) is 0 Å². The van der Waals surface area contributed by atoms with Gasteiger partial charge >= 0.3 is 0 Å². The molecule has 0 spiro atoms. The van der Waals surface area contributed by atoms with Gasteiger partial charge in [-0.2, -0.15) is 5.10 Å². The van der Waals surface area contributed by atoms with E-state index in [2.05, 4.69) is 10.4 Å². The van der Waals surface area contributed by atoms with Gasteiger partial charge in [0.15, 0.2) is 0 Å². The normalized spacial score (nSPS) is 10.6. The molecular formula is C16H14ClN3O2. The van der Waals surface area contributed by atoms with Gasteiger partial charge in [-0.1, -0.05) is 17.7 Å². The molecule has 0 aliphatic heterocycles. The Bertz CT molecular complexity index is 796. The van der Waals surface area contributed by atoms with Crippen molar-refractivity contribution in [3.8, 4) is 5.75 Å². The molecule has 22 heavy (non-hydrogen) atoms. The highest BCUT2D eigenvalue weighted by atomic mass is 35.5. The van der Waals surface area contributed by atoms with Gasteiger partial charge in [-0.25, -0.2) is 4.52 Å². The number of hydrogen-bond acceptors (Lipinski definition) is 3. The topological polar surface area (TPSA) is 55.6 Å². The van der Waals surface area contributed by atoms with Crippen molar-refractivity contribution >= 4 is 23.0 Å². The third kappa shape index (κ3) is 2.89. The minimum atomic E-state index is -0.253. The molecule has 3 aromatic rings. The number of fused-ring (bicyclic) bond motifs is 1. The smallest absolute Gasteiger partial charge is 0.255 e. The van der Waals surface area contributed by atoms with E-state index in [1.165, 1.54) is 7.11 Å². The van der Waals surface area contributed by atoms with E-state index < -0.39 is 0 Å². The van der Waals surface area contributed by atoms with Crippen molar-refractivity contribution in [2.45, 2.75) is 6.54 Å². The number of carbonyl (C=O) groups is 1. The number of rotatable bonds is 4. The highest BCUT2D eigenvalue weighted by Gasteiger charge is 2.13. The number of nitrogens with one attached hydrogen (secondary N) is 1. The lowest BCUT2D eigenvalue weighted by Crippen LogP contribution is -2.23. The number of aromatic nitrogens is 2. The molecule has 0 saturated carbocycles. The predicted octanol–water partition coefficient (Wildman–Crippen LogP) is 2.93. The van der Waals surface area contributed by atoms with Crippen LogP contribution >= 0.6 is 11.6 Å². The number of carbonyl (C=O) groups excluding carboxylic acids is 1. The molecule has 1 aromatic carbocycles. The molecule has 2 aromatic heterocycles. The molecule has 1 amide bonds. The van der Waals surface area contributed by atoms with Crippen molar-refractivity contribution in [3.63, 3.8) is 0 Å². The van der Waals surface area contributed by atoms with Crippen molar-refractivity contribution in [3.05, 3.63) is 64.9 Å². The molecule has 0 unspecified atom stereocenters. The van der Waals surface area contributed by atoms with Gasteiger partial charge in [0.25, 0.3) is 5.91 Å². The zero-order valence-corrected chi connectivity index (χ0v) is 12.7. The Kier molecular flexibility index (Phi) is 3.98. The molecule has 5 nitrogen and oxygen atoms in total. The van der Waals surface area contributed by atoms with Gasteiger partial charge in [0.1, 0.15) is 5.75 Å². The Morgan fingerprint density at radius 2 is 2.18 bits per heavy atom. The fraction of sp³-hybridized carbons (Fsp3) is 0.125. The highest BCUT2D eigenvalue weighted by molar-refractivity contribution is 6.31. The lowest BCUT2D eigenvalue weighted by atomic mass is 10.2. The van der Waals surface area contributed by atoms with Crippen molar-refractivity contribution < 1.29 is 9.53 Å². The van der Waals surface area contributed by atoms with Gasteiger partial charge in [-0.3, -0.25) is 4.79 Å². The van der Waals surface area contributed by atoms with Crippen LogP contribution in [0.1, 0.15) is 16.1 Å². The number of amides is 1. The Balaban J connectivity index is 1.76. The quantitative estimate of drug-likeness (QED) is 0.805. The summed E-state index contributed by atoms with van der Waals surface area (Å²) in [6.07, 6.45) is 1.86. The fourth-order valence-electron chi connectivity index (χ4n) is 2.20. The minimum Gasteiger partial charge on any atom is -0.496 e. The summed E-state index contributed by atoms with van der Waals surface area (Å²) in [7, 11) is 1.52. The van der Waals surface area contributed by atoms with E-state index in [0.717, 1.165) is 11.2 Å². The first-order chi connectivity index (χ1) is 10.7. The van der Waals surface area contributed by atoms with Gasteiger partial charge in [0, 0.05) is 11.2 Å². The summed E-state index contributed by atoms with van der Waals surface area (Å²) in [6.45, 7) is 0.330. The molecule has 2 heterocycles. The van der Waals surface area contributed by atoms with Crippen LogP contribution in [0.2, 0.25) is 5.02 Å². The molecule has 0 fully saturated rings. The summed E-state index contributed by atoms with van der Waals surface area (Å²) in [5.74, 6) is 0.230. The van der Waals surface area contributed by atoms with Crippen LogP contribution in [0.4, 0.5) is 0 Å². The highest BCUT2D eigenvalue weighted by Crippen LogP contribution is 2.22. The van der Waals surface area contributed by atoms with E-state index in [4.69, 9.17) is 16.3 Å². The second kappa shape index (κ2) is 6.07. The zero-order chi connectivity index (χ0) is 15.5. The van der Waals surface area contributed by atoms with Crippen LogP contribution in [0.3, 0.4) is 0 Å². The van der Waals surface area contributed by atoms with Crippen LogP contribution in [-0.4, -0.2) is 22.6 Å². The molecule has 3 rings (SSSR count). The standard InChI is InChI=1S/C16H14ClN3O2/c1-22-15-6-5-11(17)8-14(15)16(21)18-10-12-9-13-4-2-3-7-20(13)19-12/h2-9H,10H2,1H3,(H,18,21). The number of ether oxygens (including phenoxy) is 1. The first-order valence-electron chi connectivity index (χ1n) is 6.72. The Morgan fingerprint density at radius 1 is 1.32 bits per heavy atom. The van der Waals surface area contributed by atoms with Crippen LogP contribution in [-0.2, 0) is 6.54 Å². The van der Waals surface area contributed by atoms with Crippen LogP contribution in [0.15, 0.2) is 48.7 Å². The largest absolute Gasteiger partial charge is 0.496 e. The average Bonchev–Trinajstić information content (AvgIpc) is 2.95. The second-order valence-electron chi connectivity index (χ2n) is 4.73. The number of benzene rings is 1. The van der Waals surface area contributed by atoms with Gasteiger partial charge < -0.3 is 10.1 Å². The van der Waals surface area contributed by atoms with E-state index in [1.807, 2.05) is 30.5 Å². The first kappa shape index (κ1) is 14.4. The molecular weight excluding hydrogens is 302 g/mol. The molecule has 0 aliphatic rings. The molecule has 0 radical (unpaired) electrons. The third-order valence-corrected chi connectivity index (χ3v) is 3.49. The van der Waals surface area contributed by atoms with E-state index >= 15 is 0 Å². The van der Waals surface area contributed by atoms with Crippen LogP contribution < -0.4 is 10.1 Å². The Hall–Kier alpha value is -2.53. The van der Waals surface area contributed by atoms with Crippen LogP contribution in [0, 0.1) is 0 Å². The van der Waals surface area contributed by atoms with Gasteiger partial charge in [-0.05, 0) is 36.4 Å². The Morgan fingerprint density at radius 3 is 2.95 bits per heavy atom. The SMILES string of the molecule is COc1ccc(Cl)cc1C(=O)NCc1cc2ccccn2n1. The lowest BCUT2D eigenvalue weighted by molar-refractivity contribution is 0.0947. The summed E-state index contributed by atoms with van der Waals surface area (Å²) >= 11 is 5.94. The zero-order valence-electron chi connectivity index (χ0n) is 11.9. The van der Waals surface area contributed by atoms with E-state index in [0.29, 0.717) is 22.9 Å². The maximum atomic E-state index is 12.3. The number of halogens is 1. The summed E-state index contributed by atoms with van der Waals surface area (Å²) in [4.78, 5) is 12.3. The number of pyridine rings is 1. The summed E-state index contributed by atoms with van der Waals surface area (Å²) in [5.41, 5.74) is 2.16. The van der Waals surface area contributed by atoms with Crippen LogP contribution in [0.25, 0.3) is 5.52 Å². The number of hydrogen-bond donors (Lipinski definition) is 1. The molecule has 0 saturated heterocycles. The molecule has 112 valence electrons. The number of nitrogens with zero attached hydrogens (tertiary/aromatic N) is 2. The Labute approximate surface area is 132 Å². The van der Waals surface area contributed by atoms with Gasteiger partial charge in [0.05, 0.1) is 30.4 Å². The lowest BCUT2D eigenvalue weighted by Gasteiger charge is -2.08. The van der Waals surface area contributed by atoms with Gasteiger partial charge in [-0.15, -0.1) is 0 Å². The van der Waals surface area contributed by atoms with E-state index in [9.17, 15) is 4.79 Å². The van der Waals surface area contributed by atoms with Gasteiger partial charge in [0.2, 0.25) is 0 Å². The second-order valence-corrected chi connectivity index (χ2v) is 5.17. The third-order valence-electron chi connectivity index (χ3n) is 3.26. The molecule has 0 atom stereocenters. The van der Waals surface area contributed by atoms with Crippen molar-refractivity contribution in [1.29, 1.82) is 0 Å². The minimum absolute atomic E-state index is 0.253. The van der Waals surface area contributed by atoms with Crippen molar-refractivity contribution in [1.82, 2.24) is 14.9 Å². The number of methoxy groups -OCH3 is 1. The molecule has 0 bridgehead atoms. The van der Waals surface area contributed by atoms with Crippen molar-refractivity contribution in [2.75, 3.05) is 7.11 Å². The summed E-state index contributed by atoms with van der Waals surface area (Å²) < 4.78 is 6.95. The molecule has 1 N–H and O–H groups in total. The van der Waals surface area contributed by atoms with E-state index in [-0.39, 0.29) is 5.91 Å². The fourth-order valence-corrected chi connectivity index (χ4v) is 2.37. The summed E-state index contributed by atoms with van der Waals surface area (Å²) in [6, 6.07) is 12.7. The molecule has 0 aliphatic carbocycles. The first-order valence-corrected chi connectivity index (χ1v) is 7.10.